The number of carboxylic acids is 1. The van der Waals surface area contributed by atoms with Crippen LogP contribution in [0.25, 0.3) is 0 Å². The number of hydrogen-bond acceptors (Lipinski definition) is 4. The Kier molecular flexibility index (Phi) is 4.39. The summed E-state index contributed by atoms with van der Waals surface area (Å²) in [4.78, 5) is 25.0. The Bertz CT molecular complexity index is 500. The maximum atomic E-state index is 12.4. The molecule has 0 aliphatic carbocycles. The van der Waals surface area contributed by atoms with Crippen molar-refractivity contribution < 1.29 is 19.4 Å². The van der Waals surface area contributed by atoms with Gasteiger partial charge in [-0.3, -0.25) is 9.48 Å². The third-order valence-electron chi connectivity index (χ3n) is 3.47. The fraction of sp³-hybridized carbons (Fsp3) is 0.615. The van der Waals surface area contributed by atoms with Crippen molar-refractivity contribution >= 4 is 11.9 Å². The van der Waals surface area contributed by atoms with Gasteiger partial charge in [0.05, 0.1) is 17.9 Å². The van der Waals surface area contributed by atoms with Crippen molar-refractivity contribution in [1.29, 1.82) is 0 Å². The van der Waals surface area contributed by atoms with E-state index in [0.29, 0.717) is 18.5 Å². The maximum absolute atomic E-state index is 12.4. The minimum Gasteiger partial charge on any atom is -0.480 e. The Balaban J connectivity index is 2.15. The first-order chi connectivity index (χ1) is 9.56. The van der Waals surface area contributed by atoms with Crippen LogP contribution in [0.15, 0.2) is 12.4 Å². The zero-order valence-electron chi connectivity index (χ0n) is 11.7. The minimum absolute atomic E-state index is 0.231. The fourth-order valence-electron chi connectivity index (χ4n) is 2.42. The fourth-order valence-corrected chi connectivity index (χ4v) is 2.42. The molecule has 0 bridgehead atoms. The van der Waals surface area contributed by atoms with E-state index in [-0.39, 0.29) is 12.0 Å². The SMILES string of the molecule is CCCn1cc(C(=O)N2CC(OC)CC2C(=O)O)cn1. The number of likely N-dealkylation sites (tertiary alicyclic amines) is 1. The van der Waals surface area contributed by atoms with Crippen LogP contribution in [-0.2, 0) is 16.1 Å². The molecule has 2 atom stereocenters. The molecule has 2 heterocycles. The lowest BCUT2D eigenvalue weighted by Crippen LogP contribution is -2.40. The van der Waals surface area contributed by atoms with Gasteiger partial charge in [0.15, 0.2) is 0 Å². The summed E-state index contributed by atoms with van der Waals surface area (Å²) in [5.74, 6) is -1.31. The number of aryl methyl sites for hydroxylation is 1. The number of nitrogens with zero attached hydrogens (tertiary/aromatic N) is 3. The van der Waals surface area contributed by atoms with Crippen LogP contribution in [0.3, 0.4) is 0 Å². The predicted octanol–water partition coefficient (Wildman–Crippen LogP) is 0.607. The van der Waals surface area contributed by atoms with Crippen molar-refractivity contribution in [1.82, 2.24) is 14.7 Å². The Hall–Kier alpha value is -1.89. The molecule has 0 radical (unpaired) electrons. The summed E-state index contributed by atoms with van der Waals surface area (Å²) in [5, 5.41) is 13.3. The number of aliphatic carboxylic acids is 1. The largest absolute Gasteiger partial charge is 0.480 e. The molecule has 1 aliphatic rings. The van der Waals surface area contributed by atoms with Gasteiger partial charge in [0.25, 0.3) is 5.91 Å². The lowest BCUT2D eigenvalue weighted by Gasteiger charge is -2.20. The molecular weight excluding hydrogens is 262 g/mol. The molecule has 7 heteroatoms. The minimum atomic E-state index is -1.00. The van der Waals surface area contributed by atoms with Gasteiger partial charge < -0.3 is 14.7 Å². The van der Waals surface area contributed by atoms with Crippen molar-refractivity contribution in [3.63, 3.8) is 0 Å². The zero-order valence-corrected chi connectivity index (χ0v) is 11.7. The molecule has 1 aromatic heterocycles. The van der Waals surface area contributed by atoms with Gasteiger partial charge >= 0.3 is 5.97 Å². The highest BCUT2D eigenvalue weighted by Gasteiger charge is 2.40. The first-order valence-corrected chi connectivity index (χ1v) is 6.65. The molecule has 1 N–H and O–H groups in total. The van der Waals surface area contributed by atoms with E-state index in [9.17, 15) is 14.7 Å². The Morgan fingerprint density at radius 1 is 1.55 bits per heavy atom. The summed E-state index contributed by atoms with van der Waals surface area (Å²) in [5.41, 5.74) is 0.418. The third kappa shape index (κ3) is 2.82. The van der Waals surface area contributed by atoms with Crippen LogP contribution in [-0.4, -0.2) is 57.5 Å². The number of rotatable bonds is 5. The van der Waals surface area contributed by atoms with Crippen molar-refractivity contribution in [3.05, 3.63) is 18.0 Å². The van der Waals surface area contributed by atoms with Crippen LogP contribution < -0.4 is 0 Å². The predicted molar refractivity (Wildman–Crippen MR) is 70.4 cm³/mol. The lowest BCUT2D eigenvalue weighted by molar-refractivity contribution is -0.141. The Morgan fingerprint density at radius 3 is 2.90 bits per heavy atom. The van der Waals surface area contributed by atoms with E-state index in [1.54, 1.807) is 10.9 Å². The van der Waals surface area contributed by atoms with Crippen LogP contribution in [0.1, 0.15) is 30.1 Å². The van der Waals surface area contributed by atoms with E-state index >= 15 is 0 Å². The lowest BCUT2D eigenvalue weighted by atomic mass is 10.2. The van der Waals surface area contributed by atoms with Gasteiger partial charge in [-0.15, -0.1) is 0 Å². The molecule has 1 saturated heterocycles. The molecule has 2 rings (SSSR count). The molecular formula is C13H19N3O4. The highest BCUT2D eigenvalue weighted by molar-refractivity contribution is 5.96. The second-order valence-corrected chi connectivity index (χ2v) is 4.90. The van der Waals surface area contributed by atoms with E-state index in [4.69, 9.17) is 4.74 Å². The molecule has 1 fully saturated rings. The highest BCUT2D eigenvalue weighted by Crippen LogP contribution is 2.22. The molecule has 1 amide bonds. The van der Waals surface area contributed by atoms with Crippen molar-refractivity contribution in [2.45, 2.75) is 38.5 Å². The molecule has 110 valence electrons. The topological polar surface area (TPSA) is 84.7 Å². The molecule has 0 spiro atoms. The summed E-state index contributed by atoms with van der Waals surface area (Å²) in [6, 6.07) is -0.832. The van der Waals surface area contributed by atoms with Gasteiger partial charge in [0.2, 0.25) is 0 Å². The van der Waals surface area contributed by atoms with Gasteiger partial charge in [0, 0.05) is 32.8 Å². The number of methoxy groups -OCH3 is 1. The normalized spacial score (nSPS) is 22.2. The molecule has 7 nitrogen and oxygen atoms in total. The van der Waals surface area contributed by atoms with Gasteiger partial charge in [-0.1, -0.05) is 6.92 Å². The van der Waals surface area contributed by atoms with Crippen LogP contribution >= 0.6 is 0 Å². The van der Waals surface area contributed by atoms with Crippen molar-refractivity contribution in [3.8, 4) is 0 Å². The smallest absolute Gasteiger partial charge is 0.326 e. The second kappa shape index (κ2) is 6.04. The molecule has 0 aromatic carbocycles. The third-order valence-corrected chi connectivity index (χ3v) is 3.47. The van der Waals surface area contributed by atoms with E-state index in [1.165, 1.54) is 18.2 Å². The number of carbonyl (C=O) groups is 2. The van der Waals surface area contributed by atoms with Gasteiger partial charge in [-0.25, -0.2) is 4.79 Å². The first-order valence-electron chi connectivity index (χ1n) is 6.65. The van der Waals surface area contributed by atoms with E-state index < -0.39 is 12.0 Å². The highest BCUT2D eigenvalue weighted by atomic mass is 16.5. The van der Waals surface area contributed by atoms with Crippen LogP contribution in [0.2, 0.25) is 0 Å². The Morgan fingerprint density at radius 2 is 2.30 bits per heavy atom. The summed E-state index contributed by atoms with van der Waals surface area (Å²) in [6.45, 7) is 3.05. The van der Waals surface area contributed by atoms with Gasteiger partial charge in [-0.2, -0.15) is 5.10 Å². The van der Waals surface area contributed by atoms with Crippen molar-refractivity contribution in [2.75, 3.05) is 13.7 Å². The quantitative estimate of drug-likeness (QED) is 0.854. The monoisotopic (exact) mass is 281 g/mol. The van der Waals surface area contributed by atoms with Gasteiger partial charge in [-0.05, 0) is 6.42 Å². The molecule has 1 aliphatic heterocycles. The maximum Gasteiger partial charge on any atom is 0.326 e. The number of hydrogen-bond donors (Lipinski definition) is 1. The van der Waals surface area contributed by atoms with Crippen molar-refractivity contribution in [2.24, 2.45) is 0 Å². The van der Waals surface area contributed by atoms with Crippen LogP contribution in [0.5, 0.6) is 0 Å². The van der Waals surface area contributed by atoms with E-state index in [0.717, 1.165) is 13.0 Å². The summed E-state index contributed by atoms with van der Waals surface area (Å²) in [7, 11) is 1.52. The average Bonchev–Trinajstić information content (AvgIpc) is 3.04. The van der Waals surface area contributed by atoms with E-state index in [2.05, 4.69) is 5.10 Å². The molecule has 1 aromatic rings. The zero-order chi connectivity index (χ0) is 14.7. The van der Waals surface area contributed by atoms with Crippen LogP contribution in [0.4, 0.5) is 0 Å². The molecule has 20 heavy (non-hydrogen) atoms. The van der Waals surface area contributed by atoms with E-state index in [1.807, 2.05) is 6.92 Å². The van der Waals surface area contributed by atoms with Gasteiger partial charge in [0.1, 0.15) is 6.04 Å². The summed E-state index contributed by atoms with van der Waals surface area (Å²) in [6.07, 6.45) is 4.15. The second-order valence-electron chi connectivity index (χ2n) is 4.90. The standard InChI is InChI=1S/C13H19N3O4/c1-3-4-15-7-9(6-14-15)12(17)16-8-10(20-2)5-11(16)13(18)19/h6-7,10-11H,3-5,8H2,1-2H3,(H,18,19). The number of amides is 1. The number of carboxylic acid groups (broad SMARTS) is 1. The number of aromatic nitrogens is 2. The number of ether oxygens (including phenoxy) is 1. The summed E-state index contributed by atoms with van der Waals surface area (Å²) >= 11 is 0. The average molecular weight is 281 g/mol. The molecule has 0 saturated carbocycles. The molecule has 2 unspecified atom stereocenters. The number of carbonyl (C=O) groups excluding carboxylic acids is 1. The summed E-state index contributed by atoms with van der Waals surface area (Å²) < 4.78 is 6.86. The Labute approximate surface area is 117 Å². The van der Waals surface area contributed by atoms with Crippen LogP contribution in [0, 0.1) is 0 Å². The first kappa shape index (κ1) is 14.5.